The molecule has 1 aromatic carbocycles. The Morgan fingerprint density at radius 2 is 1.81 bits per heavy atom. The maximum Gasteiger partial charge on any atom is 0.148 e. The van der Waals surface area contributed by atoms with Crippen LogP contribution in [0.25, 0.3) is 0 Å². The first-order chi connectivity index (χ1) is 7.47. The molecule has 1 N–H and O–H groups in total. The fourth-order valence-corrected chi connectivity index (χ4v) is 1.78. The van der Waals surface area contributed by atoms with Gasteiger partial charge in [0.15, 0.2) is 0 Å². The highest BCUT2D eigenvalue weighted by atomic mass is 32.2. The lowest BCUT2D eigenvalue weighted by Gasteiger charge is -2.04. The number of benzene rings is 1. The number of sulfone groups is 1. The van der Waals surface area contributed by atoms with Crippen molar-refractivity contribution < 1.29 is 12.8 Å². The smallest absolute Gasteiger partial charge is 0.148 e. The zero-order valence-electron chi connectivity index (χ0n) is 9.24. The van der Waals surface area contributed by atoms with Crippen LogP contribution >= 0.6 is 0 Å². The normalized spacial score (nSPS) is 11.6. The van der Waals surface area contributed by atoms with E-state index in [1.807, 2.05) is 0 Å². The summed E-state index contributed by atoms with van der Waals surface area (Å²) in [4.78, 5) is 0. The molecule has 3 nitrogen and oxygen atoms in total. The fourth-order valence-electron chi connectivity index (χ4n) is 1.27. The van der Waals surface area contributed by atoms with Gasteiger partial charge in [0.2, 0.25) is 0 Å². The van der Waals surface area contributed by atoms with Gasteiger partial charge in [0.1, 0.15) is 15.7 Å². The summed E-state index contributed by atoms with van der Waals surface area (Å²) in [6.45, 7) is 1.15. The molecule has 0 aliphatic rings. The van der Waals surface area contributed by atoms with E-state index in [4.69, 9.17) is 0 Å². The van der Waals surface area contributed by atoms with E-state index in [0.717, 1.165) is 12.0 Å². The second-order valence-corrected chi connectivity index (χ2v) is 6.02. The van der Waals surface area contributed by atoms with Crippen molar-refractivity contribution in [3.05, 3.63) is 35.6 Å². The van der Waals surface area contributed by atoms with E-state index < -0.39 is 9.84 Å². The van der Waals surface area contributed by atoms with Crippen molar-refractivity contribution in [1.82, 2.24) is 5.32 Å². The minimum atomic E-state index is -2.89. The fraction of sp³-hybridized carbons (Fsp3) is 0.455. The van der Waals surface area contributed by atoms with Crippen LogP contribution in [0, 0.1) is 5.82 Å². The zero-order chi connectivity index (χ0) is 12.0. The Morgan fingerprint density at radius 3 is 2.38 bits per heavy atom. The van der Waals surface area contributed by atoms with Gasteiger partial charge in [-0.25, -0.2) is 12.8 Å². The largest absolute Gasteiger partial charge is 0.315 e. The first-order valence-electron chi connectivity index (χ1n) is 5.10. The quantitative estimate of drug-likeness (QED) is 0.761. The maximum absolute atomic E-state index is 12.6. The van der Waals surface area contributed by atoms with Gasteiger partial charge in [0.25, 0.3) is 0 Å². The lowest BCUT2D eigenvalue weighted by molar-refractivity contribution is 0.596. The molecule has 5 heteroatoms. The van der Waals surface area contributed by atoms with Crippen LogP contribution in [0.3, 0.4) is 0 Å². The number of halogens is 1. The molecule has 0 spiro atoms. The van der Waals surface area contributed by atoms with E-state index in [-0.39, 0.29) is 11.6 Å². The first-order valence-corrected chi connectivity index (χ1v) is 7.16. The van der Waals surface area contributed by atoms with E-state index in [1.165, 1.54) is 18.4 Å². The molecule has 0 atom stereocenters. The molecule has 0 fully saturated rings. The molecule has 0 unspecified atom stereocenters. The molecule has 0 aliphatic carbocycles. The van der Waals surface area contributed by atoms with Gasteiger partial charge in [-0.05, 0) is 30.7 Å². The molecule has 0 saturated carbocycles. The Kier molecular flexibility index (Phi) is 4.89. The van der Waals surface area contributed by atoms with E-state index in [2.05, 4.69) is 5.32 Å². The highest BCUT2D eigenvalue weighted by molar-refractivity contribution is 7.90. The molecule has 1 rings (SSSR count). The van der Waals surface area contributed by atoms with E-state index in [0.29, 0.717) is 13.1 Å². The van der Waals surface area contributed by atoms with Gasteiger partial charge >= 0.3 is 0 Å². The van der Waals surface area contributed by atoms with Gasteiger partial charge in [0.05, 0.1) is 5.75 Å². The molecule has 16 heavy (non-hydrogen) atoms. The third-order valence-electron chi connectivity index (χ3n) is 2.15. The Hall–Kier alpha value is -0.940. The average molecular weight is 245 g/mol. The summed E-state index contributed by atoms with van der Waals surface area (Å²) in [5.41, 5.74) is 1.04. The molecule has 90 valence electrons. The minimum Gasteiger partial charge on any atom is -0.315 e. The number of rotatable bonds is 6. The van der Waals surface area contributed by atoms with Crippen molar-refractivity contribution in [3.8, 4) is 0 Å². The highest BCUT2D eigenvalue weighted by Crippen LogP contribution is 2.02. The number of hydrogen-bond acceptors (Lipinski definition) is 3. The monoisotopic (exact) mass is 245 g/mol. The third-order valence-corrected chi connectivity index (χ3v) is 3.10. The van der Waals surface area contributed by atoms with Crippen LogP contribution in [-0.4, -0.2) is 33.5 Å². The van der Waals surface area contributed by atoms with Crippen LogP contribution in [0.2, 0.25) is 0 Å². The summed E-state index contributed by atoms with van der Waals surface area (Å²) in [5.74, 6) is -0.0926. The molecule has 0 aromatic heterocycles. The van der Waals surface area contributed by atoms with Crippen LogP contribution < -0.4 is 5.32 Å². The predicted octanol–water partition coefficient (Wildman–Crippen LogP) is 1.00. The first kappa shape index (κ1) is 13.1. The average Bonchev–Trinajstić information content (AvgIpc) is 2.19. The molecule has 0 aliphatic heterocycles. The summed E-state index contributed by atoms with van der Waals surface area (Å²) < 4.78 is 34.2. The van der Waals surface area contributed by atoms with Crippen LogP contribution in [-0.2, 0) is 16.3 Å². The maximum atomic E-state index is 12.6. The van der Waals surface area contributed by atoms with Gasteiger partial charge in [0, 0.05) is 12.8 Å². The summed E-state index contributed by atoms with van der Waals surface area (Å²) in [7, 11) is -2.89. The topological polar surface area (TPSA) is 46.2 Å². The van der Waals surface area contributed by atoms with Gasteiger partial charge in [-0.1, -0.05) is 12.1 Å². The molecular formula is C11H16FNO2S. The summed E-state index contributed by atoms with van der Waals surface area (Å²) >= 11 is 0. The standard InChI is InChI=1S/C11H16FNO2S/c1-16(14,15)9-8-13-7-6-10-2-4-11(12)5-3-10/h2-5,13H,6-9H2,1H3. The summed E-state index contributed by atoms with van der Waals surface area (Å²) in [6.07, 6.45) is 1.98. The van der Waals surface area contributed by atoms with Crippen molar-refractivity contribution in [2.75, 3.05) is 25.1 Å². The Bertz CT molecular complexity index is 414. The lowest BCUT2D eigenvalue weighted by Crippen LogP contribution is -2.24. The summed E-state index contributed by atoms with van der Waals surface area (Å²) in [5, 5.41) is 3.03. The SMILES string of the molecule is CS(=O)(=O)CCNCCc1ccc(F)cc1. The Morgan fingerprint density at radius 1 is 1.19 bits per heavy atom. The molecule has 0 radical (unpaired) electrons. The van der Waals surface area contributed by atoms with Gasteiger partial charge in [-0.2, -0.15) is 0 Å². The van der Waals surface area contributed by atoms with E-state index in [9.17, 15) is 12.8 Å². The molecular weight excluding hydrogens is 229 g/mol. The number of nitrogens with one attached hydrogen (secondary N) is 1. The van der Waals surface area contributed by atoms with Gasteiger partial charge in [-0.3, -0.25) is 0 Å². The number of hydrogen-bond donors (Lipinski definition) is 1. The molecule has 0 bridgehead atoms. The van der Waals surface area contributed by atoms with Crippen molar-refractivity contribution in [2.24, 2.45) is 0 Å². The zero-order valence-corrected chi connectivity index (χ0v) is 10.1. The highest BCUT2D eigenvalue weighted by Gasteiger charge is 2.00. The van der Waals surface area contributed by atoms with Gasteiger partial charge in [-0.15, -0.1) is 0 Å². The predicted molar refractivity (Wildman–Crippen MR) is 62.7 cm³/mol. The van der Waals surface area contributed by atoms with Crippen LogP contribution in [0.5, 0.6) is 0 Å². The second kappa shape index (κ2) is 5.96. The second-order valence-electron chi connectivity index (χ2n) is 3.76. The molecule has 1 aromatic rings. The molecule has 0 saturated heterocycles. The summed E-state index contributed by atoms with van der Waals surface area (Å²) in [6, 6.07) is 6.30. The van der Waals surface area contributed by atoms with Crippen molar-refractivity contribution >= 4 is 9.84 Å². The van der Waals surface area contributed by atoms with Crippen molar-refractivity contribution in [3.63, 3.8) is 0 Å². The Balaban J connectivity index is 2.19. The van der Waals surface area contributed by atoms with Gasteiger partial charge < -0.3 is 5.32 Å². The van der Waals surface area contributed by atoms with Crippen molar-refractivity contribution in [2.45, 2.75) is 6.42 Å². The lowest BCUT2D eigenvalue weighted by atomic mass is 10.1. The van der Waals surface area contributed by atoms with E-state index in [1.54, 1.807) is 12.1 Å². The molecule has 0 heterocycles. The Labute approximate surface area is 95.6 Å². The van der Waals surface area contributed by atoms with Crippen LogP contribution in [0.4, 0.5) is 4.39 Å². The minimum absolute atomic E-state index is 0.149. The molecule has 0 amide bonds. The van der Waals surface area contributed by atoms with Crippen LogP contribution in [0.15, 0.2) is 24.3 Å². The third kappa shape index (κ3) is 5.82. The van der Waals surface area contributed by atoms with Crippen molar-refractivity contribution in [1.29, 1.82) is 0 Å². The van der Waals surface area contributed by atoms with E-state index >= 15 is 0 Å². The van der Waals surface area contributed by atoms with Crippen LogP contribution in [0.1, 0.15) is 5.56 Å².